The number of amides is 7. The number of aromatic amines is 1. The van der Waals surface area contributed by atoms with Crippen LogP contribution in [-0.4, -0.2) is 127 Å². The van der Waals surface area contributed by atoms with E-state index >= 15 is 0 Å². The number of aliphatic carboxylic acids is 1. The molecule has 1 aliphatic heterocycles. The minimum absolute atomic E-state index is 0.0689. The van der Waals surface area contributed by atoms with E-state index in [9.17, 15) is 63.3 Å². The van der Waals surface area contributed by atoms with Crippen LogP contribution in [0.25, 0.3) is 33.4 Å². The van der Waals surface area contributed by atoms with E-state index in [1.807, 2.05) is 0 Å². The number of imidazole rings is 1. The van der Waals surface area contributed by atoms with Gasteiger partial charge in [0.15, 0.2) is 5.43 Å². The Morgan fingerprint density at radius 1 is 0.743 bits per heavy atom. The van der Waals surface area contributed by atoms with Crippen LogP contribution >= 0.6 is 0 Å². The van der Waals surface area contributed by atoms with Gasteiger partial charge in [0.05, 0.1) is 18.0 Å². The molecule has 2 aromatic carbocycles. The maximum Gasteiger partial charge on any atom is 0.336 e. The summed E-state index contributed by atoms with van der Waals surface area (Å²) in [6.45, 7) is 2.90. The number of carboxylic acid groups (broad SMARTS) is 2. The lowest BCUT2D eigenvalue weighted by Crippen LogP contribution is -2.59. The first-order valence-corrected chi connectivity index (χ1v) is 23.7. The van der Waals surface area contributed by atoms with Crippen LogP contribution in [0.5, 0.6) is 5.75 Å². The number of nitrogens with one attached hydrogen (secondary N) is 7. The summed E-state index contributed by atoms with van der Waals surface area (Å²) in [5.74, 6) is -7.25. The minimum atomic E-state index is -1.50. The van der Waals surface area contributed by atoms with Crippen molar-refractivity contribution in [2.75, 3.05) is 13.1 Å². The second-order valence-electron chi connectivity index (χ2n) is 17.5. The molecule has 2 heterocycles. The summed E-state index contributed by atoms with van der Waals surface area (Å²) in [5.41, 5.74) is 6.57. The largest absolute Gasteiger partial charge is 0.508 e. The zero-order valence-corrected chi connectivity index (χ0v) is 40.5. The highest BCUT2D eigenvalue weighted by molar-refractivity contribution is 6.09. The Balaban J connectivity index is 1.08. The topological polar surface area (TPSA) is 392 Å². The molecule has 74 heavy (non-hydrogen) atoms. The van der Waals surface area contributed by atoms with Gasteiger partial charge in [0.2, 0.25) is 35.4 Å². The lowest BCUT2D eigenvalue weighted by atomic mass is 9.89. The van der Waals surface area contributed by atoms with Crippen molar-refractivity contribution >= 4 is 64.3 Å². The van der Waals surface area contributed by atoms with Crippen molar-refractivity contribution in [3.63, 3.8) is 0 Å². The van der Waals surface area contributed by atoms with Gasteiger partial charge in [0.25, 0.3) is 5.91 Å². The molecule has 5 rings (SSSR count). The van der Waals surface area contributed by atoms with Crippen LogP contribution in [0.4, 0.5) is 0 Å². The number of phenolic OH excluding ortho intramolecular Hbond substituents is 1. The van der Waals surface area contributed by atoms with E-state index in [2.05, 4.69) is 41.9 Å². The number of unbranched alkanes of at least 4 members (excludes halogenated alkanes) is 3. The molecule has 0 bridgehead atoms. The van der Waals surface area contributed by atoms with E-state index < -0.39 is 90.0 Å². The molecule has 5 atom stereocenters. The average Bonchev–Trinajstić information content (AvgIpc) is 3.86. The Morgan fingerprint density at radius 2 is 1.47 bits per heavy atom. The van der Waals surface area contributed by atoms with E-state index in [0.717, 1.165) is 0 Å². The molecule has 0 saturated heterocycles. The molecule has 0 spiro atoms. The lowest BCUT2D eigenvalue weighted by molar-refractivity contribution is -0.138. The molecule has 24 nitrogen and oxygen atoms in total. The highest BCUT2D eigenvalue weighted by atomic mass is 16.4. The van der Waals surface area contributed by atoms with Crippen molar-refractivity contribution in [2.24, 2.45) is 5.73 Å². The normalized spacial score (nSPS) is 13.1. The quantitative estimate of drug-likeness (QED) is 0.0247. The number of H-pyrrole nitrogens is 1. The van der Waals surface area contributed by atoms with Gasteiger partial charge >= 0.3 is 11.9 Å². The Morgan fingerprint density at radius 3 is 2.15 bits per heavy atom. The number of hydrogen-bond acceptors (Lipinski definition) is 14. The van der Waals surface area contributed by atoms with E-state index in [-0.39, 0.29) is 78.0 Å². The first kappa shape index (κ1) is 56.2. The molecule has 24 heteroatoms. The lowest BCUT2D eigenvalue weighted by Gasteiger charge is -2.25. The average molecular weight is 1030 g/mol. The molecule has 3 aromatic rings. The molecule has 0 fully saturated rings. The molecule has 13 N–H and O–H groups in total. The van der Waals surface area contributed by atoms with Crippen molar-refractivity contribution in [3.05, 3.63) is 94.2 Å². The van der Waals surface area contributed by atoms with Crippen LogP contribution in [0.15, 0.2) is 76.3 Å². The number of carbonyl (C=O) groups is 9. The van der Waals surface area contributed by atoms with Crippen molar-refractivity contribution in [3.8, 4) is 28.2 Å². The number of carboxylic acids is 2. The fourth-order valence-corrected chi connectivity index (χ4v) is 8.01. The molecule has 1 aromatic heterocycles. The Kier molecular flexibility index (Phi) is 20.3. The van der Waals surface area contributed by atoms with E-state index in [0.29, 0.717) is 54.3 Å². The molecule has 2 aliphatic rings. The predicted octanol–water partition coefficient (Wildman–Crippen LogP) is 1.20. The number of phenols is 1. The smallest absolute Gasteiger partial charge is 0.336 e. The summed E-state index contributed by atoms with van der Waals surface area (Å²) in [6.07, 6.45) is 2.56. The number of nitrogens with two attached hydrogens (primary N) is 1. The highest BCUT2D eigenvalue weighted by Crippen LogP contribution is 2.42. The third-order valence-electron chi connectivity index (χ3n) is 11.7. The summed E-state index contributed by atoms with van der Waals surface area (Å²) < 4.78 is 5.89. The molecule has 0 radical (unpaired) electrons. The number of carbonyl (C=O) groups excluding carboxylic acids is 7. The molecule has 1 aliphatic carbocycles. The summed E-state index contributed by atoms with van der Waals surface area (Å²) >= 11 is 0. The van der Waals surface area contributed by atoms with Gasteiger partial charge in [-0.05, 0) is 93.5 Å². The Bertz CT molecular complexity index is 2880. The number of aliphatic hydroxyl groups is 1. The number of primary amides is 1. The Hall–Kier alpha value is -8.67. The fraction of sp³-hybridized carbons (Fsp3) is 0.380. The summed E-state index contributed by atoms with van der Waals surface area (Å²) in [5, 5.41) is 55.6. The highest BCUT2D eigenvalue weighted by Gasteiger charge is 2.32. The molecule has 7 amide bonds. The minimum Gasteiger partial charge on any atom is -0.508 e. The summed E-state index contributed by atoms with van der Waals surface area (Å²) in [7, 11) is 0. The van der Waals surface area contributed by atoms with Crippen LogP contribution in [-0.2, 0) is 40.0 Å². The number of nitrogens with zero attached hydrogens (tertiary/aromatic N) is 1. The van der Waals surface area contributed by atoms with E-state index in [1.165, 1.54) is 74.9 Å². The van der Waals surface area contributed by atoms with Crippen LogP contribution in [0.1, 0.15) is 98.0 Å². The number of hydrogen-bond donors (Lipinski definition) is 12. The van der Waals surface area contributed by atoms with Gasteiger partial charge < -0.3 is 67.5 Å². The van der Waals surface area contributed by atoms with Gasteiger partial charge in [-0.3, -0.25) is 43.2 Å². The summed E-state index contributed by atoms with van der Waals surface area (Å²) in [4.78, 5) is 132. The number of rotatable bonds is 28. The van der Waals surface area contributed by atoms with Gasteiger partial charge in [-0.25, -0.2) is 9.78 Å². The zero-order chi connectivity index (χ0) is 54.1. The van der Waals surface area contributed by atoms with Gasteiger partial charge in [0.1, 0.15) is 41.3 Å². The number of aromatic hydroxyl groups is 1. The van der Waals surface area contributed by atoms with Crippen molar-refractivity contribution in [1.29, 1.82) is 0 Å². The van der Waals surface area contributed by atoms with Gasteiger partial charge in [-0.1, -0.05) is 6.42 Å². The SMILES string of the molecule is CC(=O)N[C@H](CCCCNC(=O)c1ccc(C(=O)O)c(-c2c3ccc(=O)cc-3oc3cc(O)ccc23)c1)C(=O)NCCCCCC(=O)N[C@@H](C(=O)N[C@H](Cc1cnc[nH]1)C(=O)N[C@H](CCC(=O)O)C(N)=O)[C@H](C)O. The number of fused-ring (bicyclic) bond motifs is 2. The molecular formula is C50H59N9O15. The zero-order valence-electron chi connectivity index (χ0n) is 40.5. The van der Waals surface area contributed by atoms with Crippen molar-refractivity contribution in [1.82, 2.24) is 41.9 Å². The predicted molar refractivity (Wildman–Crippen MR) is 264 cm³/mol. The van der Waals surface area contributed by atoms with Gasteiger partial charge in [-0.2, -0.15) is 0 Å². The van der Waals surface area contributed by atoms with Gasteiger partial charge in [-0.15, -0.1) is 0 Å². The number of aliphatic hydroxyl groups excluding tert-OH is 1. The van der Waals surface area contributed by atoms with Gasteiger partial charge in [0, 0.05) is 85.4 Å². The third kappa shape index (κ3) is 16.2. The maximum absolute atomic E-state index is 13.4. The van der Waals surface area contributed by atoms with Crippen molar-refractivity contribution in [2.45, 2.75) is 108 Å². The van der Waals surface area contributed by atoms with E-state index in [1.54, 1.807) is 6.07 Å². The van der Waals surface area contributed by atoms with Crippen LogP contribution in [0, 0.1) is 0 Å². The van der Waals surface area contributed by atoms with Crippen LogP contribution < -0.4 is 43.1 Å². The molecule has 394 valence electrons. The van der Waals surface area contributed by atoms with Crippen molar-refractivity contribution < 1.29 is 68.0 Å². The monoisotopic (exact) mass is 1030 g/mol. The number of aromatic carboxylic acids is 1. The maximum atomic E-state index is 13.4. The number of aromatic nitrogens is 2. The Labute approximate surface area is 422 Å². The second-order valence-corrected chi connectivity index (χ2v) is 17.5. The molecule has 0 unspecified atom stereocenters. The third-order valence-corrected chi connectivity index (χ3v) is 11.7. The first-order chi connectivity index (χ1) is 35.2. The van der Waals surface area contributed by atoms with Crippen LogP contribution in [0.3, 0.4) is 0 Å². The molecule has 0 saturated carbocycles. The second kappa shape index (κ2) is 26.7. The van der Waals surface area contributed by atoms with E-state index in [4.69, 9.17) is 15.3 Å². The number of benzene rings is 3. The standard InChI is InChI=1S/C50H59N9O15/c1-26(60)44(49(71)58-38(21-29-24-52-25-55-29)48(70)57-36(45(51)67)16-17-42(65)66)59-41(64)9-4-3-6-18-54-47(69)37(56-27(2)61)8-5-7-19-53-46(68)28-10-13-32(50(72)73)35(20-28)43-33-14-11-30(62)22-39(33)74-40-23-31(63)12-15-34(40)43/h10-15,20,22-26,36-38,44,60,62H,3-9,16-19,21H2,1-2H3,(H2,51,67)(H,52,55)(H,53,68)(H,54,69)(H,56,61)(H,57,70)(H,58,71)(H,59,64)(H,65,66)(H,72,73)/t26-,36+,37+,38+,44+/m0/s1. The molecular weight excluding hydrogens is 967 g/mol. The first-order valence-electron chi connectivity index (χ1n) is 23.7. The fourth-order valence-electron chi connectivity index (χ4n) is 8.01. The summed E-state index contributed by atoms with van der Waals surface area (Å²) in [6, 6.07) is 7.33. The van der Waals surface area contributed by atoms with Crippen LogP contribution in [0.2, 0.25) is 0 Å².